The van der Waals surface area contributed by atoms with Crippen molar-refractivity contribution >= 4 is 23.6 Å². The van der Waals surface area contributed by atoms with Crippen LogP contribution in [0.15, 0.2) is 30.8 Å². The second-order valence-corrected chi connectivity index (χ2v) is 2.59. The fraction of sp³-hybridized carbons (Fsp3) is 0.100. The molecule has 0 bridgehead atoms. The second kappa shape index (κ2) is 4.67. The number of hydrogen-bond donors (Lipinski definition) is 0. The number of benzene rings is 1. The molecule has 0 radical (unpaired) electrons. The molecule has 1 rings (SSSR count). The van der Waals surface area contributed by atoms with Crippen molar-refractivity contribution in [3.63, 3.8) is 0 Å². The highest BCUT2D eigenvalue weighted by Crippen LogP contribution is 2.06. The van der Waals surface area contributed by atoms with Crippen LogP contribution < -0.4 is 0 Å². The first kappa shape index (κ1) is 9.81. The number of esters is 1. The summed E-state index contributed by atoms with van der Waals surface area (Å²) in [5, 5.41) is 0. The fourth-order valence-electron chi connectivity index (χ4n) is 0.888. The summed E-state index contributed by atoms with van der Waals surface area (Å²) in [7, 11) is 0. The third-order valence-corrected chi connectivity index (χ3v) is 1.68. The van der Waals surface area contributed by atoms with Crippen LogP contribution in [-0.4, -0.2) is 12.0 Å². The van der Waals surface area contributed by atoms with Crippen molar-refractivity contribution in [2.75, 3.05) is 6.07 Å². The Bertz CT molecular complexity index is 303. The average molecular weight is 197 g/mol. The Balaban J connectivity index is 2.79. The molecule has 0 heterocycles. The molecule has 13 heavy (non-hydrogen) atoms. The molecule has 0 N–H and O–H groups in total. The molecule has 0 aliphatic heterocycles. The lowest BCUT2D eigenvalue weighted by Crippen LogP contribution is -2.02. The van der Waals surface area contributed by atoms with E-state index in [-0.39, 0.29) is 6.07 Å². The maximum atomic E-state index is 11.1. The van der Waals surface area contributed by atoms with Gasteiger partial charge >= 0.3 is 5.97 Å². The third-order valence-electron chi connectivity index (χ3n) is 1.57. The lowest BCUT2D eigenvalue weighted by molar-refractivity contribution is 0.0574. The maximum Gasteiger partial charge on any atom is 0.339 e. The fourth-order valence-corrected chi connectivity index (χ4v) is 0.987. The van der Waals surface area contributed by atoms with Crippen LogP contribution in [0.1, 0.15) is 15.9 Å². The molecule has 0 aliphatic rings. The predicted octanol–water partition coefficient (Wildman–Crippen LogP) is 2.68. The van der Waals surface area contributed by atoms with Crippen LogP contribution in [0, 0.1) is 0 Å². The molecule has 0 fully saturated rings. The minimum absolute atomic E-state index is 0.123. The molecule has 1 aromatic rings. The average Bonchev–Trinajstić information content (AvgIpc) is 2.18. The Morgan fingerprint density at radius 2 is 2.08 bits per heavy atom. The highest BCUT2D eigenvalue weighted by molar-refractivity contribution is 6.17. The standard InChI is InChI=1S/C10H9ClO2/c1-2-8-3-5-9(6-4-8)10(12)13-7-11/h2-6H,1,7H2. The monoisotopic (exact) mass is 196 g/mol. The van der Waals surface area contributed by atoms with Gasteiger partial charge in [0.25, 0.3) is 0 Å². The van der Waals surface area contributed by atoms with E-state index in [0.717, 1.165) is 5.56 Å². The van der Waals surface area contributed by atoms with Crippen LogP contribution in [0.4, 0.5) is 0 Å². The Labute approximate surface area is 81.8 Å². The van der Waals surface area contributed by atoms with Gasteiger partial charge in [-0.05, 0) is 17.7 Å². The van der Waals surface area contributed by atoms with E-state index >= 15 is 0 Å². The first-order valence-corrected chi connectivity index (χ1v) is 4.27. The summed E-state index contributed by atoms with van der Waals surface area (Å²) >= 11 is 5.25. The lowest BCUT2D eigenvalue weighted by atomic mass is 10.1. The summed E-state index contributed by atoms with van der Waals surface area (Å²) in [6, 6.07) is 6.80. The molecule has 0 saturated heterocycles. The van der Waals surface area contributed by atoms with E-state index < -0.39 is 5.97 Å². The molecule has 0 unspecified atom stereocenters. The van der Waals surface area contributed by atoms with E-state index in [4.69, 9.17) is 11.6 Å². The zero-order valence-corrected chi connectivity index (χ0v) is 7.75. The molecule has 3 heteroatoms. The Kier molecular flexibility index (Phi) is 3.53. The van der Waals surface area contributed by atoms with Crippen molar-refractivity contribution in [1.82, 2.24) is 0 Å². The Morgan fingerprint density at radius 3 is 2.54 bits per heavy atom. The molecule has 68 valence electrons. The maximum absolute atomic E-state index is 11.1. The molecular weight excluding hydrogens is 188 g/mol. The van der Waals surface area contributed by atoms with Crippen molar-refractivity contribution in [3.8, 4) is 0 Å². The van der Waals surface area contributed by atoms with E-state index in [2.05, 4.69) is 11.3 Å². The smallest absolute Gasteiger partial charge is 0.339 e. The van der Waals surface area contributed by atoms with E-state index in [1.165, 1.54) is 0 Å². The van der Waals surface area contributed by atoms with Gasteiger partial charge in [0.2, 0.25) is 0 Å². The number of ether oxygens (including phenoxy) is 1. The first-order valence-electron chi connectivity index (χ1n) is 3.73. The molecule has 0 aliphatic carbocycles. The number of carbonyl (C=O) groups excluding carboxylic acids is 1. The lowest BCUT2D eigenvalue weighted by Gasteiger charge is -2.00. The largest absolute Gasteiger partial charge is 0.446 e. The number of hydrogen-bond acceptors (Lipinski definition) is 2. The summed E-state index contributed by atoms with van der Waals surface area (Å²) in [5.74, 6) is -0.411. The highest BCUT2D eigenvalue weighted by atomic mass is 35.5. The Morgan fingerprint density at radius 1 is 1.46 bits per heavy atom. The zero-order chi connectivity index (χ0) is 9.68. The van der Waals surface area contributed by atoms with Crippen molar-refractivity contribution in [2.45, 2.75) is 0 Å². The number of rotatable bonds is 3. The number of alkyl halides is 1. The van der Waals surface area contributed by atoms with Gasteiger partial charge in [0.05, 0.1) is 5.56 Å². The van der Waals surface area contributed by atoms with Crippen LogP contribution in [-0.2, 0) is 4.74 Å². The number of halogens is 1. The molecular formula is C10H9ClO2. The van der Waals surface area contributed by atoms with Gasteiger partial charge in [-0.25, -0.2) is 4.79 Å². The summed E-state index contributed by atoms with van der Waals surface area (Å²) in [4.78, 5) is 11.1. The molecule has 2 nitrogen and oxygen atoms in total. The van der Waals surface area contributed by atoms with Crippen molar-refractivity contribution in [2.24, 2.45) is 0 Å². The Hall–Kier alpha value is -1.28. The van der Waals surface area contributed by atoms with Crippen molar-refractivity contribution < 1.29 is 9.53 Å². The van der Waals surface area contributed by atoms with E-state index in [9.17, 15) is 4.79 Å². The van der Waals surface area contributed by atoms with Crippen molar-refractivity contribution in [1.29, 1.82) is 0 Å². The van der Waals surface area contributed by atoms with Gasteiger partial charge in [0.1, 0.15) is 0 Å². The van der Waals surface area contributed by atoms with E-state index in [1.807, 2.05) is 0 Å². The third kappa shape index (κ3) is 2.60. The van der Waals surface area contributed by atoms with Crippen LogP contribution in [0.2, 0.25) is 0 Å². The summed E-state index contributed by atoms with van der Waals surface area (Å²) in [6.07, 6.45) is 1.71. The second-order valence-electron chi connectivity index (χ2n) is 2.37. The van der Waals surface area contributed by atoms with Crippen LogP contribution >= 0.6 is 11.6 Å². The first-order chi connectivity index (χ1) is 6.27. The SMILES string of the molecule is C=Cc1ccc(C(=O)OCCl)cc1. The molecule has 0 aromatic heterocycles. The minimum atomic E-state index is -0.411. The highest BCUT2D eigenvalue weighted by Gasteiger charge is 2.04. The molecule has 0 spiro atoms. The summed E-state index contributed by atoms with van der Waals surface area (Å²) in [6.45, 7) is 3.60. The predicted molar refractivity (Wildman–Crippen MR) is 52.7 cm³/mol. The van der Waals surface area contributed by atoms with Crippen molar-refractivity contribution in [3.05, 3.63) is 42.0 Å². The van der Waals surface area contributed by atoms with Gasteiger partial charge in [-0.1, -0.05) is 36.4 Å². The van der Waals surface area contributed by atoms with E-state index in [0.29, 0.717) is 5.56 Å². The normalized spacial score (nSPS) is 9.31. The van der Waals surface area contributed by atoms with Crippen LogP contribution in [0.25, 0.3) is 6.08 Å². The topological polar surface area (TPSA) is 26.3 Å². The van der Waals surface area contributed by atoms with Gasteiger partial charge in [-0.15, -0.1) is 0 Å². The van der Waals surface area contributed by atoms with Gasteiger partial charge in [0.15, 0.2) is 6.07 Å². The van der Waals surface area contributed by atoms with Crippen LogP contribution in [0.5, 0.6) is 0 Å². The minimum Gasteiger partial charge on any atom is -0.446 e. The molecule has 0 saturated carbocycles. The molecule has 0 amide bonds. The summed E-state index contributed by atoms with van der Waals surface area (Å²) in [5.41, 5.74) is 1.45. The van der Waals surface area contributed by atoms with Gasteiger partial charge in [0, 0.05) is 0 Å². The van der Waals surface area contributed by atoms with Gasteiger partial charge < -0.3 is 4.74 Å². The molecule has 1 aromatic carbocycles. The van der Waals surface area contributed by atoms with Gasteiger partial charge in [-0.3, -0.25) is 0 Å². The van der Waals surface area contributed by atoms with Crippen LogP contribution in [0.3, 0.4) is 0 Å². The summed E-state index contributed by atoms with van der Waals surface area (Å²) < 4.78 is 4.60. The van der Waals surface area contributed by atoms with E-state index in [1.54, 1.807) is 30.3 Å². The zero-order valence-electron chi connectivity index (χ0n) is 7.00. The molecule has 0 atom stereocenters. The number of carbonyl (C=O) groups is 1. The van der Waals surface area contributed by atoms with Gasteiger partial charge in [-0.2, -0.15) is 0 Å². The quantitative estimate of drug-likeness (QED) is 0.549.